The van der Waals surface area contributed by atoms with Crippen LogP contribution >= 0.6 is 11.6 Å². The van der Waals surface area contributed by atoms with Crippen LogP contribution in [0.5, 0.6) is 5.75 Å². The third-order valence-corrected chi connectivity index (χ3v) is 3.02. The molecule has 0 spiro atoms. The molecule has 1 aliphatic carbocycles. The zero-order valence-electron chi connectivity index (χ0n) is 8.46. The molecular formula is C11H13ClKO. The zero-order valence-corrected chi connectivity index (χ0v) is 12.3. The van der Waals surface area contributed by atoms with Crippen LogP contribution in [0.15, 0.2) is 18.2 Å². The Balaban J connectivity index is 0.000000980. The van der Waals surface area contributed by atoms with Gasteiger partial charge in [0.1, 0.15) is 5.75 Å². The van der Waals surface area contributed by atoms with E-state index in [0.29, 0.717) is 11.7 Å². The van der Waals surface area contributed by atoms with Crippen LogP contribution in [0.25, 0.3) is 0 Å². The molecule has 71 valence electrons. The Morgan fingerprint density at radius 2 is 1.86 bits per heavy atom. The minimum atomic E-state index is 0. The predicted molar refractivity (Wildman–Crippen MR) is 60.1 cm³/mol. The second-order valence-electron chi connectivity index (χ2n) is 3.68. The van der Waals surface area contributed by atoms with Crippen molar-refractivity contribution in [2.75, 3.05) is 0 Å². The summed E-state index contributed by atoms with van der Waals surface area (Å²) in [5, 5.41) is 10.4. The first-order valence-electron chi connectivity index (χ1n) is 4.76. The minimum Gasteiger partial charge on any atom is -0.508 e. The SMILES string of the molecule is Oc1ccc(Cl)cc1C1CCCC1.[K]. The summed E-state index contributed by atoms with van der Waals surface area (Å²) in [5.74, 6) is 0.926. The number of rotatable bonds is 1. The molecule has 2 rings (SSSR count). The van der Waals surface area contributed by atoms with E-state index < -0.39 is 0 Å². The second-order valence-corrected chi connectivity index (χ2v) is 4.12. The van der Waals surface area contributed by atoms with Crippen molar-refractivity contribution in [3.8, 4) is 5.75 Å². The third-order valence-electron chi connectivity index (χ3n) is 2.78. The number of benzene rings is 1. The van der Waals surface area contributed by atoms with Gasteiger partial charge in [-0.1, -0.05) is 24.4 Å². The van der Waals surface area contributed by atoms with Crippen molar-refractivity contribution in [1.82, 2.24) is 0 Å². The smallest absolute Gasteiger partial charge is 0.119 e. The van der Waals surface area contributed by atoms with Gasteiger partial charge < -0.3 is 5.11 Å². The van der Waals surface area contributed by atoms with Gasteiger partial charge in [-0.3, -0.25) is 0 Å². The summed E-state index contributed by atoms with van der Waals surface area (Å²) in [4.78, 5) is 0. The Bertz CT molecular complexity index is 308. The molecule has 0 heterocycles. The maximum Gasteiger partial charge on any atom is 0.119 e. The molecule has 0 unspecified atom stereocenters. The molecular weight excluding hydrogens is 223 g/mol. The monoisotopic (exact) mass is 235 g/mol. The van der Waals surface area contributed by atoms with E-state index in [0.717, 1.165) is 10.6 Å². The zero-order chi connectivity index (χ0) is 9.26. The van der Waals surface area contributed by atoms with E-state index in [4.69, 9.17) is 11.6 Å². The van der Waals surface area contributed by atoms with Gasteiger partial charge in [-0.15, -0.1) is 0 Å². The quantitative estimate of drug-likeness (QED) is 0.741. The first-order chi connectivity index (χ1) is 6.27. The molecule has 1 radical (unpaired) electrons. The van der Waals surface area contributed by atoms with Gasteiger partial charge in [-0.25, -0.2) is 0 Å². The first-order valence-corrected chi connectivity index (χ1v) is 5.13. The first kappa shape index (κ1) is 13.0. The largest absolute Gasteiger partial charge is 0.508 e. The fourth-order valence-corrected chi connectivity index (χ4v) is 2.27. The van der Waals surface area contributed by atoms with Gasteiger partial charge in [0.2, 0.25) is 0 Å². The van der Waals surface area contributed by atoms with Crippen LogP contribution in [0.4, 0.5) is 0 Å². The fraction of sp³-hybridized carbons (Fsp3) is 0.455. The maximum atomic E-state index is 9.64. The van der Waals surface area contributed by atoms with Crippen LogP contribution in [0, 0.1) is 0 Å². The summed E-state index contributed by atoms with van der Waals surface area (Å²) < 4.78 is 0. The molecule has 0 aromatic heterocycles. The van der Waals surface area contributed by atoms with Crippen molar-refractivity contribution in [3.63, 3.8) is 0 Å². The van der Waals surface area contributed by atoms with Gasteiger partial charge >= 0.3 is 0 Å². The Morgan fingerprint density at radius 3 is 2.50 bits per heavy atom. The Morgan fingerprint density at radius 1 is 1.21 bits per heavy atom. The van der Waals surface area contributed by atoms with Crippen LogP contribution in [0.1, 0.15) is 37.2 Å². The number of phenolic OH excluding ortho intramolecular Hbond substituents is 1. The van der Waals surface area contributed by atoms with Crippen LogP contribution in [0.2, 0.25) is 5.02 Å². The summed E-state index contributed by atoms with van der Waals surface area (Å²) in [6.07, 6.45) is 4.93. The van der Waals surface area contributed by atoms with Gasteiger partial charge in [0.05, 0.1) is 0 Å². The van der Waals surface area contributed by atoms with E-state index in [1.54, 1.807) is 12.1 Å². The van der Waals surface area contributed by atoms with E-state index in [-0.39, 0.29) is 51.4 Å². The van der Waals surface area contributed by atoms with E-state index in [1.165, 1.54) is 25.7 Å². The van der Waals surface area contributed by atoms with Crippen LogP contribution < -0.4 is 0 Å². The summed E-state index contributed by atoms with van der Waals surface area (Å²) >= 11 is 5.88. The number of halogens is 1. The molecule has 14 heavy (non-hydrogen) atoms. The van der Waals surface area contributed by atoms with E-state index in [9.17, 15) is 5.11 Å². The van der Waals surface area contributed by atoms with Crippen molar-refractivity contribution >= 4 is 63.0 Å². The van der Waals surface area contributed by atoms with Crippen molar-refractivity contribution in [2.45, 2.75) is 31.6 Å². The van der Waals surface area contributed by atoms with Gasteiger partial charge in [0, 0.05) is 56.4 Å². The normalized spacial score (nSPS) is 16.6. The van der Waals surface area contributed by atoms with Crippen molar-refractivity contribution in [3.05, 3.63) is 28.8 Å². The van der Waals surface area contributed by atoms with Crippen molar-refractivity contribution < 1.29 is 5.11 Å². The molecule has 0 aliphatic heterocycles. The van der Waals surface area contributed by atoms with Crippen LogP contribution in [0.3, 0.4) is 0 Å². The van der Waals surface area contributed by atoms with E-state index in [2.05, 4.69) is 0 Å². The van der Waals surface area contributed by atoms with Crippen molar-refractivity contribution in [2.24, 2.45) is 0 Å². The molecule has 0 atom stereocenters. The van der Waals surface area contributed by atoms with Gasteiger partial charge in [0.25, 0.3) is 0 Å². The summed E-state index contributed by atoms with van der Waals surface area (Å²) in [6, 6.07) is 5.32. The number of aromatic hydroxyl groups is 1. The molecule has 1 aromatic rings. The van der Waals surface area contributed by atoms with Gasteiger partial charge in [-0.2, -0.15) is 0 Å². The molecule has 1 aromatic carbocycles. The maximum absolute atomic E-state index is 9.64. The molecule has 0 amide bonds. The summed E-state index contributed by atoms with van der Waals surface area (Å²) in [5.41, 5.74) is 1.03. The van der Waals surface area contributed by atoms with Gasteiger partial charge in [0.15, 0.2) is 0 Å². The predicted octanol–water partition coefficient (Wildman–Crippen LogP) is 3.32. The van der Waals surface area contributed by atoms with Crippen LogP contribution in [-0.2, 0) is 0 Å². The second kappa shape index (κ2) is 5.88. The molecule has 0 bridgehead atoms. The molecule has 1 nitrogen and oxygen atoms in total. The molecule has 1 aliphatic rings. The van der Waals surface area contributed by atoms with Crippen molar-refractivity contribution in [1.29, 1.82) is 0 Å². The van der Waals surface area contributed by atoms with E-state index >= 15 is 0 Å². The average Bonchev–Trinajstić information content (AvgIpc) is 2.61. The summed E-state index contributed by atoms with van der Waals surface area (Å²) in [6.45, 7) is 0. The fourth-order valence-electron chi connectivity index (χ4n) is 2.09. The molecule has 0 saturated heterocycles. The summed E-state index contributed by atoms with van der Waals surface area (Å²) in [7, 11) is 0. The molecule has 1 fully saturated rings. The third kappa shape index (κ3) is 2.97. The minimum absolute atomic E-state index is 0. The Hall–Kier alpha value is 0.946. The topological polar surface area (TPSA) is 20.2 Å². The molecule has 3 heteroatoms. The van der Waals surface area contributed by atoms with Gasteiger partial charge in [-0.05, 0) is 42.5 Å². The Labute approximate surface area is 132 Å². The number of hydrogen-bond acceptors (Lipinski definition) is 1. The van der Waals surface area contributed by atoms with Crippen LogP contribution in [-0.4, -0.2) is 56.5 Å². The standard InChI is InChI=1S/C11H13ClO.K/c12-9-5-6-11(13)10(7-9)8-3-1-2-4-8;/h5-8,13H,1-4H2;. The average molecular weight is 236 g/mol. The molecule has 1 saturated carbocycles. The number of phenols is 1. The molecule has 1 N–H and O–H groups in total. The Kier molecular flexibility index (Phi) is 5.46. The number of hydrogen-bond donors (Lipinski definition) is 1. The van der Waals surface area contributed by atoms with E-state index in [1.807, 2.05) is 6.07 Å².